The Morgan fingerprint density at radius 2 is 2.00 bits per heavy atom. The summed E-state index contributed by atoms with van der Waals surface area (Å²) in [6.45, 7) is 9.20. The normalized spacial score (nSPS) is 9.71. The highest BCUT2D eigenvalue weighted by atomic mass is 15.0. The lowest BCUT2D eigenvalue weighted by Crippen LogP contribution is -1.89. The maximum atomic E-state index is 4.31. The van der Waals surface area contributed by atoms with Gasteiger partial charge in [-0.25, -0.2) is 4.98 Å². The van der Waals surface area contributed by atoms with Crippen LogP contribution < -0.4 is 0 Å². The fourth-order valence-corrected chi connectivity index (χ4v) is 1.43. The molecule has 0 atom stereocenters. The molecule has 0 unspecified atom stereocenters. The van der Waals surface area contributed by atoms with Crippen LogP contribution in [0.4, 0.5) is 0 Å². The molecule has 1 aromatic carbocycles. The zero-order chi connectivity index (χ0) is 10.6. The number of hydrogen-bond donors (Lipinski definition) is 0. The van der Waals surface area contributed by atoms with Gasteiger partial charge in [0.1, 0.15) is 0 Å². The van der Waals surface area contributed by atoms with Crippen LogP contribution >= 0.6 is 0 Å². The number of aromatic nitrogens is 2. The van der Waals surface area contributed by atoms with Crippen molar-refractivity contribution in [2.24, 2.45) is 0 Å². The molecule has 0 N–H and O–H groups in total. The van der Waals surface area contributed by atoms with Crippen LogP contribution in [0, 0.1) is 6.92 Å². The molecule has 0 spiro atoms. The first-order valence-corrected chi connectivity index (χ1v) is 5.22. The summed E-state index contributed by atoms with van der Waals surface area (Å²) in [5.74, 6) is 0. The summed E-state index contributed by atoms with van der Waals surface area (Å²) in [4.78, 5) is 4.31. The predicted molar refractivity (Wildman–Crippen MR) is 61.5 cm³/mol. The Kier molecular flexibility index (Phi) is 3.69. The van der Waals surface area contributed by atoms with Gasteiger partial charge < -0.3 is 4.57 Å². The van der Waals surface area contributed by atoms with Crippen molar-refractivity contribution in [1.29, 1.82) is 0 Å². The quantitative estimate of drug-likeness (QED) is 0.674. The lowest BCUT2D eigenvalue weighted by atomic mass is 10.2. The summed E-state index contributed by atoms with van der Waals surface area (Å²) < 4.78 is 2.15. The maximum Gasteiger partial charge on any atom is 0.0958 e. The van der Waals surface area contributed by atoms with Gasteiger partial charge >= 0.3 is 0 Å². The topological polar surface area (TPSA) is 17.8 Å². The molecule has 0 saturated heterocycles. The minimum absolute atomic E-state index is 0.986. The molecule has 2 nitrogen and oxygen atoms in total. The average Bonchev–Trinajstić information content (AvgIpc) is 2.62. The highest BCUT2D eigenvalue weighted by Crippen LogP contribution is 2.13. The van der Waals surface area contributed by atoms with E-state index in [9.17, 15) is 0 Å². The van der Waals surface area contributed by atoms with E-state index in [4.69, 9.17) is 0 Å². The van der Waals surface area contributed by atoms with E-state index in [0.717, 1.165) is 12.1 Å². The van der Waals surface area contributed by atoms with Gasteiger partial charge in [0.25, 0.3) is 0 Å². The van der Waals surface area contributed by atoms with E-state index >= 15 is 0 Å². The van der Waals surface area contributed by atoms with Crippen molar-refractivity contribution in [3.05, 3.63) is 30.1 Å². The third-order valence-electron chi connectivity index (χ3n) is 2.12. The third-order valence-corrected chi connectivity index (χ3v) is 2.12. The Morgan fingerprint density at radius 3 is 2.64 bits per heavy atom. The molecule has 1 aromatic heterocycles. The van der Waals surface area contributed by atoms with E-state index in [2.05, 4.69) is 41.6 Å². The van der Waals surface area contributed by atoms with Crippen molar-refractivity contribution in [3.8, 4) is 0 Å². The Labute approximate surface area is 85.6 Å². The fraction of sp³-hybridized carbons (Fsp3) is 0.417. The molecule has 0 saturated carbocycles. The molecule has 0 aliphatic heterocycles. The van der Waals surface area contributed by atoms with Gasteiger partial charge in [0, 0.05) is 6.54 Å². The Morgan fingerprint density at radius 1 is 1.29 bits per heavy atom. The number of imidazole rings is 1. The van der Waals surface area contributed by atoms with Crippen molar-refractivity contribution in [2.75, 3.05) is 0 Å². The van der Waals surface area contributed by atoms with E-state index < -0.39 is 0 Å². The van der Waals surface area contributed by atoms with Gasteiger partial charge in [-0.1, -0.05) is 19.9 Å². The van der Waals surface area contributed by atoms with E-state index in [1.54, 1.807) is 0 Å². The van der Waals surface area contributed by atoms with Crippen molar-refractivity contribution in [2.45, 2.75) is 34.2 Å². The molecule has 2 aromatic rings. The van der Waals surface area contributed by atoms with Gasteiger partial charge in [-0.3, -0.25) is 0 Å². The summed E-state index contributed by atoms with van der Waals surface area (Å²) >= 11 is 0. The number of fused-ring (bicyclic) bond motifs is 1. The van der Waals surface area contributed by atoms with Crippen LogP contribution in [0.25, 0.3) is 11.0 Å². The van der Waals surface area contributed by atoms with Gasteiger partial charge in [-0.2, -0.15) is 0 Å². The van der Waals surface area contributed by atoms with Crippen LogP contribution in [-0.4, -0.2) is 9.55 Å². The summed E-state index contributed by atoms with van der Waals surface area (Å²) in [7, 11) is 0. The van der Waals surface area contributed by atoms with Crippen molar-refractivity contribution < 1.29 is 0 Å². The van der Waals surface area contributed by atoms with Gasteiger partial charge in [-0.15, -0.1) is 0 Å². The molecule has 2 rings (SSSR count). The molecular formula is C12H18N2. The number of nitrogens with zero attached hydrogens (tertiary/aromatic N) is 2. The van der Waals surface area contributed by atoms with Crippen molar-refractivity contribution >= 4 is 11.0 Å². The number of hydrogen-bond acceptors (Lipinski definition) is 1. The smallest absolute Gasteiger partial charge is 0.0958 e. The molecular weight excluding hydrogens is 172 g/mol. The molecule has 0 radical (unpaired) electrons. The molecule has 2 heteroatoms. The summed E-state index contributed by atoms with van der Waals surface area (Å²) in [5, 5.41) is 0. The second kappa shape index (κ2) is 4.80. The summed E-state index contributed by atoms with van der Waals surface area (Å²) in [6, 6.07) is 6.36. The molecule has 76 valence electrons. The molecule has 0 aliphatic rings. The highest BCUT2D eigenvalue weighted by Gasteiger charge is 1.99. The zero-order valence-electron chi connectivity index (χ0n) is 9.41. The van der Waals surface area contributed by atoms with E-state index in [1.165, 1.54) is 11.1 Å². The van der Waals surface area contributed by atoms with E-state index in [-0.39, 0.29) is 0 Å². The standard InChI is InChI=1S/C10H12N2.C2H6/c1-3-12-7-11-9-6-8(2)4-5-10(9)12;1-2/h4-7H,3H2,1-2H3;1-2H3. The van der Waals surface area contributed by atoms with E-state index in [0.29, 0.717) is 0 Å². The fourth-order valence-electron chi connectivity index (χ4n) is 1.43. The molecule has 14 heavy (non-hydrogen) atoms. The van der Waals surface area contributed by atoms with Crippen LogP contribution in [0.2, 0.25) is 0 Å². The molecule has 0 aliphatic carbocycles. The number of aryl methyl sites for hydroxylation is 2. The van der Waals surface area contributed by atoms with Crippen LogP contribution in [0.15, 0.2) is 24.5 Å². The first-order valence-electron chi connectivity index (χ1n) is 5.22. The largest absolute Gasteiger partial charge is 0.331 e. The molecule has 1 heterocycles. The summed E-state index contributed by atoms with van der Waals surface area (Å²) in [5.41, 5.74) is 3.59. The lowest BCUT2D eigenvalue weighted by Gasteiger charge is -1.97. The molecule has 0 amide bonds. The average molecular weight is 190 g/mol. The van der Waals surface area contributed by atoms with Crippen LogP contribution in [-0.2, 0) is 6.54 Å². The lowest BCUT2D eigenvalue weighted by molar-refractivity contribution is 0.787. The van der Waals surface area contributed by atoms with Crippen LogP contribution in [0.3, 0.4) is 0 Å². The van der Waals surface area contributed by atoms with Gasteiger partial charge in [0.05, 0.1) is 17.4 Å². The van der Waals surface area contributed by atoms with Crippen molar-refractivity contribution in [3.63, 3.8) is 0 Å². The minimum atomic E-state index is 0.986. The Balaban J connectivity index is 0.000000461. The first kappa shape index (κ1) is 10.8. The minimum Gasteiger partial charge on any atom is -0.331 e. The summed E-state index contributed by atoms with van der Waals surface area (Å²) in [6.07, 6.45) is 1.89. The van der Waals surface area contributed by atoms with E-state index in [1.807, 2.05) is 20.2 Å². The number of benzene rings is 1. The maximum absolute atomic E-state index is 4.31. The van der Waals surface area contributed by atoms with Crippen molar-refractivity contribution in [1.82, 2.24) is 9.55 Å². The zero-order valence-corrected chi connectivity index (χ0v) is 9.41. The second-order valence-electron chi connectivity index (χ2n) is 3.02. The SMILES string of the molecule is CC.CCn1cnc2cc(C)ccc21. The van der Waals surface area contributed by atoms with Gasteiger partial charge in [0.15, 0.2) is 0 Å². The predicted octanol–water partition coefficient (Wildman–Crippen LogP) is 3.39. The van der Waals surface area contributed by atoms with Gasteiger partial charge in [-0.05, 0) is 31.5 Å². The monoisotopic (exact) mass is 190 g/mol. The Bertz CT molecular complexity index is 402. The Hall–Kier alpha value is -1.31. The molecule has 0 bridgehead atoms. The van der Waals surface area contributed by atoms with Crippen LogP contribution in [0.5, 0.6) is 0 Å². The second-order valence-corrected chi connectivity index (χ2v) is 3.02. The third kappa shape index (κ3) is 1.95. The highest BCUT2D eigenvalue weighted by molar-refractivity contribution is 5.75. The first-order chi connectivity index (χ1) is 6.81. The number of rotatable bonds is 1. The van der Waals surface area contributed by atoms with Crippen LogP contribution in [0.1, 0.15) is 26.3 Å². The van der Waals surface area contributed by atoms with Gasteiger partial charge in [0.2, 0.25) is 0 Å². The molecule has 0 fully saturated rings.